The van der Waals surface area contributed by atoms with Gasteiger partial charge in [-0.1, -0.05) is 13.0 Å². The Bertz CT molecular complexity index is 607. The summed E-state index contributed by atoms with van der Waals surface area (Å²) in [7, 11) is 0. The molecule has 25 heavy (non-hydrogen) atoms. The standard InChI is InChI=1S/C20H31N3O2/c1-5-13-22-14-7-9-17(22)16-8-6-12-21-18(16)23(15-10-11-15)19(24)25-20(2,3)4/h6,8,12,15,17H,5,7,9-11,13-14H2,1-4H3/t17-/m1/s1. The van der Waals surface area contributed by atoms with Crippen LogP contribution < -0.4 is 4.90 Å². The van der Waals surface area contributed by atoms with Crippen LogP contribution in [0.15, 0.2) is 18.3 Å². The summed E-state index contributed by atoms with van der Waals surface area (Å²) in [6, 6.07) is 4.71. The number of amides is 1. The molecule has 5 nitrogen and oxygen atoms in total. The molecule has 3 rings (SSSR count). The van der Waals surface area contributed by atoms with Crippen LogP contribution in [0.4, 0.5) is 10.6 Å². The van der Waals surface area contributed by atoms with Crippen LogP contribution in [0.2, 0.25) is 0 Å². The number of likely N-dealkylation sites (tertiary alicyclic amines) is 1. The summed E-state index contributed by atoms with van der Waals surface area (Å²) in [5.41, 5.74) is 0.673. The molecule has 0 N–H and O–H groups in total. The Hall–Kier alpha value is -1.62. The molecule has 5 heteroatoms. The summed E-state index contributed by atoms with van der Waals surface area (Å²) in [6.07, 6.45) is 7.05. The van der Waals surface area contributed by atoms with Crippen LogP contribution in [0, 0.1) is 0 Å². The fraction of sp³-hybridized carbons (Fsp3) is 0.700. The fourth-order valence-corrected chi connectivity index (χ4v) is 3.66. The van der Waals surface area contributed by atoms with E-state index in [2.05, 4.69) is 22.9 Å². The van der Waals surface area contributed by atoms with E-state index in [4.69, 9.17) is 4.74 Å². The lowest BCUT2D eigenvalue weighted by Crippen LogP contribution is -2.40. The number of carbonyl (C=O) groups excluding carboxylic acids is 1. The van der Waals surface area contributed by atoms with Crippen LogP contribution in [0.5, 0.6) is 0 Å². The summed E-state index contributed by atoms with van der Waals surface area (Å²) in [6.45, 7) is 10.2. The first-order chi connectivity index (χ1) is 11.9. The highest BCUT2D eigenvalue weighted by Gasteiger charge is 2.40. The zero-order chi connectivity index (χ0) is 18.0. The van der Waals surface area contributed by atoms with Crippen molar-refractivity contribution in [1.29, 1.82) is 0 Å². The van der Waals surface area contributed by atoms with Gasteiger partial charge in [-0.2, -0.15) is 0 Å². The van der Waals surface area contributed by atoms with E-state index in [0.29, 0.717) is 6.04 Å². The molecule has 1 amide bonds. The molecule has 2 heterocycles. The van der Waals surface area contributed by atoms with Gasteiger partial charge < -0.3 is 4.74 Å². The maximum Gasteiger partial charge on any atom is 0.416 e. The third-order valence-electron chi connectivity index (χ3n) is 4.78. The molecule has 1 saturated heterocycles. The molecule has 1 aromatic heterocycles. The number of anilines is 1. The lowest BCUT2D eigenvalue weighted by atomic mass is 10.0. The number of rotatable bonds is 5. The Morgan fingerprint density at radius 2 is 2.12 bits per heavy atom. The Morgan fingerprint density at radius 3 is 2.76 bits per heavy atom. The van der Waals surface area contributed by atoms with Gasteiger partial charge in [0.25, 0.3) is 0 Å². The van der Waals surface area contributed by atoms with Crippen molar-refractivity contribution in [3.63, 3.8) is 0 Å². The number of hydrogen-bond acceptors (Lipinski definition) is 4. The van der Waals surface area contributed by atoms with Crippen molar-refractivity contribution < 1.29 is 9.53 Å². The van der Waals surface area contributed by atoms with Crippen LogP contribution in [0.3, 0.4) is 0 Å². The summed E-state index contributed by atoms with van der Waals surface area (Å²) in [5.74, 6) is 0.798. The lowest BCUT2D eigenvalue weighted by Gasteiger charge is -2.31. The highest BCUT2D eigenvalue weighted by atomic mass is 16.6. The van der Waals surface area contributed by atoms with Gasteiger partial charge in [0.1, 0.15) is 11.4 Å². The van der Waals surface area contributed by atoms with Crippen LogP contribution in [-0.2, 0) is 4.74 Å². The van der Waals surface area contributed by atoms with Crippen LogP contribution in [-0.4, -0.2) is 40.7 Å². The molecular formula is C20H31N3O2. The van der Waals surface area contributed by atoms with Crippen LogP contribution >= 0.6 is 0 Å². The van der Waals surface area contributed by atoms with E-state index in [1.165, 1.54) is 12.0 Å². The normalized spacial score (nSPS) is 21.4. The molecule has 0 radical (unpaired) electrons. The summed E-state index contributed by atoms with van der Waals surface area (Å²) in [5, 5.41) is 0. The second-order valence-electron chi connectivity index (χ2n) is 8.19. The van der Waals surface area contributed by atoms with Crippen LogP contribution in [0.25, 0.3) is 0 Å². The Balaban J connectivity index is 1.91. The summed E-state index contributed by atoms with van der Waals surface area (Å²) >= 11 is 0. The van der Waals surface area contributed by atoms with Crippen molar-refractivity contribution >= 4 is 11.9 Å². The predicted octanol–water partition coefficient (Wildman–Crippen LogP) is 4.53. The van der Waals surface area contributed by atoms with Crippen molar-refractivity contribution in [2.75, 3.05) is 18.0 Å². The maximum atomic E-state index is 12.9. The van der Waals surface area contributed by atoms with E-state index in [0.717, 1.165) is 44.6 Å². The smallest absolute Gasteiger partial charge is 0.416 e. The molecule has 1 aromatic rings. The highest BCUT2D eigenvalue weighted by molar-refractivity contribution is 5.89. The lowest BCUT2D eigenvalue weighted by molar-refractivity contribution is 0.0576. The van der Waals surface area contributed by atoms with Gasteiger partial charge >= 0.3 is 6.09 Å². The maximum absolute atomic E-state index is 12.9. The molecule has 0 spiro atoms. The third kappa shape index (κ3) is 4.32. The van der Waals surface area contributed by atoms with Gasteiger partial charge in [-0.05, 0) is 72.0 Å². The quantitative estimate of drug-likeness (QED) is 0.786. The van der Waals surface area contributed by atoms with Crippen molar-refractivity contribution in [3.8, 4) is 0 Å². The molecule has 1 saturated carbocycles. The topological polar surface area (TPSA) is 45.7 Å². The van der Waals surface area contributed by atoms with E-state index in [-0.39, 0.29) is 12.1 Å². The SMILES string of the molecule is CCCN1CCC[C@@H]1c1cccnc1N(C(=O)OC(C)(C)C)C1CC1. The number of pyridine rings is 1. The van der Waals surface area contributed by atoms with Gasteiger partial charge in [-0.25, -0.2) is 9.78 Å². The number of ether oxygens (including phenoxy) is 1. The van der Waals surface area contributed by atoms with Gasteiger partial charge in [0.15, 0.2) is 0 Å². The fourth-order valence-electron chi connectivity index (χ4n) is 3.66. The van der Waals surface area contributed by atoms with Gasteiger partial charge in [0.2, 0.25) is 0 Å². The van der Waals surface area contributed by atoms with Crippen molar-refractivity contribution in [3.05, 3.63) is 23.9 Å². The van der Waals surface area contributed by atoms with E-state index >= 15 is 0 Å². The van der Waals surface area contributed by atoms with E-state index < -0.39 is 5.60 Å². The average molecular weight is 345 g/mol. The number of carbonyl (C=O) groups is 1. The zero-order valence-electron chi connectivity index (χ0n) is 16.0. The largest absolute Gasteiger partial charge is 0.443 e. The minimum atomic E-state index is -0.499. The molecule has 0 aromatic carbocycles. The molecular weight excluding hydrogens is 314 g/mol. The van der Waals surface area contributed by atoms with Crippen molar-refractivity contribution in [1.82, 2.24) is 9.88 Å². The van der Waals surface area contributed by atoms with E-state index in [9.17, 15) is 4.79 Å². The summed E-state index contributed by atoms with van der Waals surface area (Å²) in [4.78, 5) is 21.8. The first kappa shape index (κ1) is 18.2. The molecule has 2 aliphatic rings. The van der Waals surface area contributed by atoms with Crippen molar-refractivity contribution in [2.24, 2.45) is 0 Å². The van der Waals surface area contributed by atoms with Crippen molar-refractivity contribution in [2.45, 2.75) is 77.5 Å². The molecule has 2 fully saturated rings. The summed E-state index contributed by atoms with van der Waals surface area (Å²) < 4.78 is 5.68. The minimum absolute atomic E-state index is 0.226. The number of aromatic nitrogens is 1. The monoisotopic (exact) mass is 345 g/mol. The van der Waals surface area contributed by atoms with Gasteiger partial charge in [-0.15, -0.1) is 0 Å². The molecule has 138 valence electrons. The first-order valence-electron chi connectivity index (χ1n) is 9.62. The molecule has 1 aliphatic carbocycles. The van der Waals surface area contributed by atoms with Gasteiger partial charge in [-0.3, -0.25) is 9.80 Å². The third-order valence-corrected chi connectivity index (χ3v) is 4.78. The minimum Gasteiger partial charge on any atom is -0.443 e. The number of nitrogens with zero attached hydrogens (tertiary/aromatic N) is 3. The molecule has 1 aliphatic heterocycles. The van der Waals surface area contributed by atoms with Gasteiger partial charge in [0, 0.05) is 23.8 Å². The van der Waals surface area contributed by atoms with E-state index in [1.54, 1.807) is 6.20 Å². The Kier molecular flexibility index (Phi) is 5.32. The Morgan fingerprint density at radius 1 is 1.36 bits per heavy atom. The number of hydrogen-bond donors (Lipinski definition) is 0. The highest BCUT2D eigenvalue weighted by Crippen LogP contribution is 2.40. The first-order valence-corrected chi connectivity index (χ1v) is 9.62. The second kappa shape index (κ2) is 7.32. The second-order valence-corrected chi connectivity index (χ2v) is 8.19. The van der Waals surface area contributed by atoms with Gasteiger partial charge in [0.05, 0.1) is 0 Å². The molecule has 0 bridgehead atoms. The average Bonchev–Trinajstić information content (AvgIpc) is 3.25. The van der Waals surface area contributed by atoms with E-state index in [1.807, 2.05) is 31.7 Å². The molecule has 1 atom stereocenters. The molecule has 0 unspecified atom stereocenters. The van der Waals surface area contributed by atoms with Crippen LogP contribution in [0.1, 0.15) is 71.4 Å². The zero-order valence-corrected chi connectivity index (χ0v) is 16.0. The predicted molar refractivity (Wildman–Crippen MR) is 99.8 cm³/mol. The Labute approximate surface area is 151 Å².